The third kappa shape index (κ3) is 4.12. The third-order valence-corrected chi connectivity index (χ3v) is 3.99. The fraction of sp³-hybridized carbons (Fsp3) is 0.538. The van der Waals surface area contributed by atoms with E-state index in [0.29, 0.717) is 0 Å². The van der Waals surface area contributed by atoms with Crippen molar-refractivity contribution in [1.82, 2.24) is 9.80 Å². The highest BCUT2D eigenvalue weighted by atomic mass is 127. The van der Waals surface area contributed by atoms with Gasteiger partial charge in [-0.25, -0.2) is 0 Å². The minimum Gasteiger partial charge on any atom is -0.491 e. The van der Waals surface area contributed by atoms with Crippen molar-refractivity contribution in [2.45, 2.75) is 0 Å². The van der Waals surface area contributed by atoms with Gasteiger partial charge in [0.2, 0.25) is 0 Å². The van der Waals surface area contributed by atoms with Crippen LogP contribution in [0.3, 0.4) is 0 Å². The Morgan fingerprint density at radius 1 is 1.18 bits per heavy atom. The summed E-state index contributed by atoms with van der Waals surface area (Å²) in [7, 11) is 2.18. The van der Waals surface area contributed by atoms with E-state index in [2.05, 4.69) is 45.5 Å². The van der Waals surface area contributed by atoms with E-state index in [1.807, 2.05) is 18.2 Å². The summed E-state index contributed by atoms with van der Waals surface area (Å²) in [6.07, 6.45) is 0. The molecule has 94 valence electrons. The average Bonchev–Trinajstić information content (AvgIpc) is 2.34. The van der Waals surface area contributed by atoms with Gasteiger partial charge in [-0.1, -0.05) is 12.1 Å². The van der Waals surface area contributed by atoms with Gasteiger partial charge in [0.15, 0.2) is 0 Å². The highest BCUT2D eigenvalue weighted by molar-refractivity contribution is 14.1. The molecule has 1 heterocycles. The molecule has 0 atom stereocenters. The zero-order valence-electron chi connectivity index (χ0n) is 10.2. The first-order valence-electron chi connectivity index (χ1n) is 6.04. The van der Waals surface area contributed by atoms with Crippen molar-refractivity contribution in [3.63, 3.8) is 0 Å². The summed E-state index contributed by atoms with van der Waals surface area (Å²) in [5.74, 6) is 1.00. The van der Waals surface area contributed by atoms with Crippen LogP contribution in [0.5, 0.6) is 5.75 Å². The van der Waals surface area contributed by atoms with Crippen LogP contribution in [0.25, 0.3) is 0 Å². The molecule has 0 N–H and O–H groups in total. The molecule has 0 radical (unpaired) electrons. The molecule has 0 unspecified atom stereocenters. The minimum atomic E-state index is 0.781. The van der Waals surface area contributed by atoms with Crippen LogP contribution in [0, 0.1) is 3.57 Å². The van der Waals surface area contributed by atoms with Crippen molar-refractivity contribution in [3.05, 3.63) is 27.8 Å². The van der Waals surface area contributed by atoms with Crippen LogP contribution in [0.2, 0.25) is 0 Å². The number of likely N-dealkylation sites (N-methyl/N-ethyl adjacent to an activating group) is 1. The van der Waals surface area contributed by atoms with Gasteiger partial charge < -0.3 is 9.64 Å². The predicted molar refractivity (Wildman–Crippen MR) is 78.6 cm³/mol. The van der Waals surface area contributed by atoms with E-state index in [-0.39, 0.29) is 0 Å². The average molecular weight is 346 g/mol. The van der Waals surface area contributed by atoms with E-state index < -0.39 is 0 Å². The van der Waals surface area contributed by atoms with Crippen LogP contribution in [0.1, 0.15) is 0 Å². The normalized spacial score (nSPS) is 18.2. The maximum absolute atomic E-state index is 5.80. The molecule has 0 bridgehead atoms. The van der Waals surface area contributed by atoms with Crippen molar-refractivity contribution in [1.29, 1.82) is 0 Å². The Balaban J connectivity index is 1.71. The zero-order valence-corrected chi connectivity index (χ0v) is 12.4. The molecule has 0 spiro atoms. The smallest absolute Gasteiger partial charge is 0.132 e. The summed E-state index contributed by atoms with van der Waals surface area (Å²) in [5, 5.41) is 0. The first kappa shape index (κ1) is 13.1. The molecule has 1 aliphatic rings. The first-order valence-corrected chi connectivity index (χ1v) is 7.12. The van der Waals surface area contributed by atoms with Crippen molar-refractivity contribution >= 4 is 22.6 Å². The van der Waals surface area contributed by atoms with Crippen LogP contribution in [-0.2, 0) is 0 Å². The van der Waals surface area contributed by atoms with Gasteiger partial charge in [0.1, 0.15) is 12.4 Å². The number of halogens is 1. The van der Waals surface area contributed by atoms with Gasteiger partial charge >= 0.3 is 0 Å². The Bertz CT molecular complexity index is 351. The van der Waals surface area contributed by atoms with Crippen LogP contribution >= 0.6 is 22.6 Å². The Morgan fingerprint density at radius 3 is 2.59 bits per heavy atom. The maximum atomic E-state index is 5.80. The molecule has 0 saturated carbocycles. The summed E-state index contributed by atoms with van der Waals surface area (Å²) in [6.45, 7) is 6.46. The van der Waals surface area contributed by atoms with Crippen LogP contribution < -0.4 is 4.74 Å². The van der Waals surface area contributed by atoms with Crippen molar-refractivity contribution in [2.75, 3.05) is 46.4 Å². The summed E-state index contributed by atoms with van der Waals surface area (Å²) in [4.78, 5) is 4.84. The molecule has 1 fully saturated rings. The SMILES string of the molecule is CN1CCN(CCOc2ccccc2I)CC1. The Kier molecular flexibility index (Phi) is 5.06. The lowest BCUT2D eigenvalue weighted by Gasteiger charge is -2.32. The minimum absolute atomic E-state index is 0.781. The standard InChI is InChI=1S/C13H19IN2O/c1-15-6-8-16(9-7-15)10-11-17-13-5-3-2-4-12(13)14/h2-5H,6-11H2,1H3. The summed E-state index contributed by atoms with van der Waals surface area (Å²) in [5.41, 5.74) is 0. The van der Waals surface area contributed by atoms with Crippen molar-refractivity contribution in [3.8, 4) is 5.75 Å². The van der Waals surface area contributed by atoms with Crippen LogP contribution in [0.15, 0.2) is 24.3 Å². The van der Waals surface area contributed by atoms with Crippen LogP contribution in [-0.4, -0.2) is 56.2 Å². The molecule has 1 saturated heterocycles. The lowest BCUT2D eigenvalue weighted by atomic mass is 10.3. The highest BCUT2D eigenvalue weighted by Gasteiger charge is 2.13. The zero-order chi connectivity index (χ0) is 12.1. The Labute approximate surface area is 117 Å². The molecule has 17 heavy (non-hydrogen) atoms. The number of nitrogens with zero attached hydrogens (tertiary/aromatic N) is 2. The second-order valence-corrected chi connectivity index (χ2v) is 5.59. The molecular formula is C13H19IN2O. The van der Waals surface area contributed by atoms with E-state index in [4.69, 9.17) is 4.74 Å². The fourth-order valence-corrected chi connectivity index (χ4v) is 2.46. The van der Waals surface area contributed by atoms with Gasteiger partial charge in [-0.2, -0.15) is 0 Å². The number of piperazine rings is 1. The predicted octanol–water partition coefficient (Wildman–Crippen LogP) is 1.92. The number of rotatable bonds is 4. The molecule has 0 aromatic heterocycles. The van der Waals surface area contributed by atoms with Gasteiger partial charge in [-0.3, -0.25) is 4.90 Å². The molecule has 1 aliphatic heterocycles. The number of benzene rings is 1. The molecule has 1 aromatic carbocycles. The van der Waals surface area contributed by atoms with E-state index in [9.17, 15) is 0 Å². The monoisotopic (exact) mass is 346 g/mol. The third-order valence-electron chi connectivity index (χ3n) is 3.10. The molecular weight excluding hydrogens is 327 g/mol. The quantitative estimate of drug-likeness (QED) is 0.775. The molecule has 0 aliphatic carbocycles. The van der Waals surface area contributed by atoms with Crippen LogP contribution in [0.4, 0.5) is 0 Å². The van der Waals surface area contributed by atoms with E-state index >= 15 is 0 Å². The van der Waals surface area contributed by atoms with Gasteiger partial charge in [0.25, 0.3) is 0 Å². The highest BCUT2D eigenvalue weighted by Crippen LogP contribution is 2.19. The molecule has 0 amide bonds. The van der Waals surface area contributed by atoms with Crippen molar-refractivity contribution < 1.29 is 4.74 Å². The fourth-order valence-electron chi connectivity index (χ4n) is 1.92. The molecule has 2 rings (SSSR count). The lowest BCUT2D eigenvalue weighted by molar-refractivity contribution is 0.133. The number of hydrogen-bond acceptors (Lipinski definition) is 3. The Hall–Kier alpha value is -0.330. The topological polar surface area (TPSA) is 15.7 Å². The molecule has 4 heteroatoms. The van der Waals surface area contributed by atoms with Gasteiger partial charge in [0, 0.05) is 32.7 Å². The second kappa shape index (κ2) is 6.56. The molecule has 3 nitrogen and oxygen atoms in total. The maximum Gasteiger partial charge on any atom is 0.132 e. The van der Waals surface area contributed by atoms with Gasteiger partial charge in [-0.05, 0) is 41.8 Å². The van der Waals surface area contributed by atoms with E-state index in [0.717, 1.165) is 32.0 Å². The van der Waals surface area contributed by atoms with E-state index in [1.165, 1.54) is 16.7 Å². The second-order valence-electron chi connectivity index (χ2n) is 4.42. The largest absolute Gasteiger partial charge is 0.491 e. The lowest BCUT2D eigenvalue weighted by Crippen LogP contribution is -2.45. The number of para-hydroxylation sites is 1. The van der Waals surface area contributed by atoms with E-state index in [1.54, 1.807) is 0 Å². The number of hydrogen-bond donors (Lipinski definition) is 0. The molecule has 1 aromatic rings. The Morgan fingerprint density at radius 2 is 1.88 bits per heavy atom. The van der Waals surface area contributed by atoms with Crippen molar-refractivity contribution in [2.24, 2.45) is 0 Å². The summed E-state index contributed by atoms with van der Waals surface area (Å²) in [6, 6.07) is 8.17. The van der Waals surface area contributed by atoms with Gasteiger partial charge in [-0.15, -0.1) is 0 Å². The first-order chi connectivity index (χ1) is 8.25. The number of ether oxygens (including phenoxy) is 1. The summed E-state index contributed by atoms with van der Waals surface area (Å²) < 4.78 is 6.99. The summed E-state index contributed by atoms with van der Waals surface area (Å²) >= 11 is 2.31. The van der Waals surface area contributed by atoms with Gasteiger partial charge in [0.05, 0.1) is 3.57 Å².